The Morgan fingerprint density at radius 1 is 1.56 bits per heavy atom. The third kappa shape index (κ3) is 2.12. The van der Waals surface area contributed by atoms with Crippen LogP contribution in [0.1, 0.15) is 0 Å². The van der Waals surface area contributed by atoms with Crippen molar-refractivity contribution in [2.45, 2.75) is 6.54 Å². The molecule has 0 radical (unpaired) electrons. The summed E-state index contributed by atoms with van der Waals surface area (Å²) in [6.45, 7) is 0.565. The van der Waals surface area contributed by atoms with Gasteiger partial charge in [0.15, 0.2) is 5.11 Å². The molecule has 0 fully saturated rings. The van der Waals surface area contributed by atoms with Gasteiger partial charge in [0.2, 0.25) is 0 Å². The third-order valence-electron chi connectivity index (χ3n) is 2.22. The van der Waals surface area contributed by atoms with Crippen LogP contribution in [0.4, 0.5) is 5.69 Å². The average Bonchev–Trinajstić information content (AvgIpc) is 2.61. The Balaban J connectivity index is 2.37. The van der Waals surface area contributed by atoms with Crippen molar-refractivity contribution in [2.24, 2.45) is 5.73 Å². The molecule has 0 aliphatic carbocycles. The van der Waals surface area contributed by atoms with Crippen molar-refractivity contribution in [3.8, 4) is 0 Å². The molecule has 0 saturated carbocycles. The number of nitrogens with one attached hydrogen (secondary N) is 1. The summed E-state index contributed by atoms with van der Waals surface area (Å²) in [6.07, 6.45) is 1.75. The molecule has 16 heavy (non-hydrogen) atoms. The fourth-order valence-corrected chi connectivity index (χ4v) is 1.70. The van der Waals surface area contributed by atoms with Crippen LogP contribution >= 0.6 is 12.2 Å². The van der Waals surface area contributed by atoms with Crippen molar-refractivity contribution in [2.75, 3.05) is 11.9 Å². The molecule has 84 valence electrons. The molecule has 0 amide bonds. The highest BCUT2D eigenvalue weighted by Crippen LogP contribution is 2.18. The zero-order valence-corrected chi connectivity index (χ0v) is 9.37. The predicted molar refractivity (Wildman–Crippen MR) is 67.2 cm³/mol. The highest BCUT2D eigenvalue weighted by atomic mass is 32.1. The molecule has 2 rings (SSSR count). The molecule has 0 bridgehead atoms. The number of rotatable bonds is 3. The maximum absolute atomic E-state index is 8.86. The normalized spacial score (nSPS) is 10.6. The Hall–Kier alpha value is -1.66. The number of aromatic nitrogens is 2. The first kappa shape index (κ1) is 10.8. The fourth-order valence-electron chi connectivity index (χ4n) is 1.58. The van der Waals surface area contributed by atoms with E-state index in [4.69, 9.17) is 23.1 Å². The van der Waals surface area contributed by atoms with Gasteiger partial charge in [-0.25, -0.2) is 0 Å². The number of aliphatic hydroxyl groups is 1. The van der Waals surface area contributed by atoms with E-state index in [1.54, 1.807) is 10.9 Å². The third-order valence-corrected chi connectivity index (χ3v) is 2.32. The number of hydrogen-bond donors (Lipinski definition) is 3. The summed E-state index contributed by atoms with van der Waals surface area (Å²) in [5, 5.41) is 17.1. The van der Waals surface area contributed by atoms with Gasteiger partial charge in [0.1, 0.15) is 0 Å². The number of thiocarbonyl (C=S) groups is 1. The first-order valence-electron chi connectivity index (χ1n) is 4.83. The summed E-state index contributed by atoms with van der Waals surface area (Å²) in [5.41, 5.74) is 7.20. The second-order valence-corrected chi connectivity index (χ2v) is 3.79. The second-order valence-electron chi connectivity index (χ2n) is 3.35. The van der Waals surface area contributed by atoms with Gasteiger partial charge < -0.3 is 16.2 Å². The van der Waals surface area contributed by atoms with Gasteiger partial charge in [-0.15, -0.1) is 0 Å². The molecule has 1 aromatic carbocycles. The van der Waals surface area contributed by atoms with Crippen molar-refractivity contribution in [3.05, 3.63) is 24.4 Å². The number of fused-ring (bicyclic) bond motifs is 1. The molecule has 1 heterocycles. The van der Waals surface area contributed by atoms with Gasteiger partial charge in [0.05, 0.1) is 24.9 Å². The van der Waals surface area contributed by atoms with E-state index >= 15 is 0 Å². The van der Waals surface area contributed by atoms with E-state index in [1.807, 2.05) is 18.2 Å². The first-order valence-corrected chi connectivity index (χ1v) is 5.24. The van der Waals surface area contributed by atoms with Crippen LogP contribution in [-0.2, 0) is 6.54 Å². The van der Waals surface area contributed by atoms with Crippen molar-refractivity contribution in [1.29, 1.82) is 0 Å². The molecule has 4 N–H and O–H groups in total. The summed E-state index contributed by atoms with van der Waals surface area (Å²) >= 11 is 4.76. The molecular weight excluding hydrogens is 224 g/mol. The summed E-state index contributed by atoms with van der Waals surface area (Å²) in [6, 6.07) is 5.70. The van der Waals surface area contributed by atoms with Crippen LogP contribution in [0, 0.1) is 0 Å². The van der Waals surface area contributed by atoms with Crippen LogP contribution in [0.3, 0.4) is 0 Å². The minimum atomic E-state index is 0.0731. The minimum Gasteiger partial charge on any atom is -0.394 e. The van der Waals surface area contributed by atoms with Gasteiger partial charge >= 0.3 is 0 Å². The van der Waals surface area contributed by atoms with Gasteiger partial charge in [0, 0.05) is 11.1 Å². The van der Waals surface area contributed by atoms with Crippen LogP contribution in [0.5, 0.6) is 0 Å². The Kier molecular flexibility index (Phi) is 3.02. The number of hydrogen-bond acceptors (Lipinski definition) is 3. The molecule has 0 atom stereocenters. The topological polar surface area (TPSA) is 76.1 Å². The van der Waals surface area contributed by atoms with E-state index < -0.39 is 0 Å². The zero-order chi connectivity index (χ0) is 11.5. The van der Waals surface area contributed by atoms with Crippen LogP contribution in [-0.4, -0.2) is 26.6 Å². The van der Waals surface area contributed by atoms with Gasteiger partial charge in [-0.2, -0.15) is 5.10 Å². The first-order chi connectivity index (χ1) is 7.70. The average molecular weight is 236 g/mol. The Morgan fingerprint density at radius 3 is 3.06 bits per heavy atom. The van der Waals surface area contributed by atoms with Gasteiger partial charge in [-0.05, 0) is 30.4 Å². The van der Waals surface area contributed by atoms with E-state index in [1.165, 1.54) is 0 Å². The maximum atomic E-state index is 8.86. The minimum absolute atomic E-state index is 0.0731. The number of anilines is 1. The largest absolute Gasteiger partial charge is 0.394 e. The van der Waals surface area contributed by atoms with Crippen molar-refractivity contribution in [1.82, 2.24) is 9.78 Å². The van der Waals surface area contributed by atoms with Gasteiger partial charge in [0.25, 0.3) is 0 Å². The highest BCUT2D eigenvalue weighted by molar-refractivity contribution is 7.80. The van der Waals surface area contributed by atoms with E-state index in [-0.39, 0.29) is 11.7 Å². The lowest BCUT2D eigenvalue weighted by Gasteiger charge is -2.04. The summed E-state index contributed by atoms with van der Waals surface area (Å²) in [4.78, 5) is 0. The maximum Gasteiger partial charge on any atom is 0.168 e. The number of nitrogens with zero attached hydrogens (tertiary/aromatic N) is 2. The molecule has 0 aliphatic rings. The highest BCUT2D eigenvalue weighted by Gasteiger charge is 2.03. The zero-order valence-electron chi connectivity index (χ0n) is 8.55. The molecule has 6 heteroatoms. The van der Waals surface area contributed by atoms with Crippen LogP contribution in [0.25, 0.3) is 10.9 Å². The lowest BCUT2D eigenvalue weighted by molar-refractivity contribution is 0.271. The number of nitrogens with two attached hydrogens (primary N) is 1. The van der Waals surface area contributed by atoms with Crippen molar-refractivity contribution in [3.63, 3.8) is 0 Å². The SMILES string of the molecule is NC(=S)Nc1ccc2c(cnn2CCO)c1. The molecule has 0 saturated heterocycles. The smallest absolute Gasteiger partial charge is 0.168 e. The molecule has 0 aliphatic heterocycles. The molecule has 1 aromatic heterocycles. The monoisotopic (exact) mass is 236 g/mol. The molecule has 0 spiro atoms. The van der Waals surface area contributed by atoms with Crippen molar-refractivity contribution < 1.29 is 5.11 Å². The Labute approximate surface area is 97.9 Å². The fraction of sp³-hybridized carbons (Fsp3) is 0.200. The number of aliphatic hydroxyl groups excluding tert-OH is 1. The summed E-state index contributed by atoms with van der Waals surface area (Å²) < 4.78 is 1.75. The Bertz CT molecular complexity index is 523. The van der Waals surface area contributed by atoms with E-state index in [0.717, 1.165) is 16.6 Å². The summed E-state index contributed by atoms with van der Waals surface area (Å²) in [5.74, 6) is 0. The predicted octanol–water partition coefficient (Wildman–Crippen LogP) is 0.684. The van der Waals surface area contributed by atoms with Crippen LogP contribution in [0.15, 0.2) is 24.4 Å². The molecular formula is C10H12N4OS. The van der Waals surface area contributed by atoms with Crippen LogP contribution in [0.2, 0.25) is 0 Å². The van der Waals surface area contributed by atoms with E-state index in [2.05, 4.69) is 10.4 Å². The second kappa shape index (κ2) is 4.46. The van der Waals surface area contributed by atoms with Crippen LogP contribution < -0.4 is 11.1 Å². The molecule has 0 unspecified atom stereocenters. The Morgan fingerprint density at radius 2 is 2.38 bits per heavy atom. The standard InChI is InChI=1S/C10H12N4OS/c11-10(16)13-8-1-2-9-7(5-8)6-12-14(9)3-4-15/h1-2,5-6,15H,3-4H2,(H3,11,13,16). The quantitative estimate of drug-likeness (QED) is 0.683. The van der Waals surface area contributed by atoms with E-state index in [9.17, 15) is 0 Å². The molecule has 5 nitrogen and oxygen atoms in total. The number of benzene rings is 1. The van der Waals surface area contributed by atoms with Gasteiger partial charge in [-0.1, -0.05) is 0 Å². The lowest BCUT2D eigenvalue weighted by atomic mass is 10.2. The van der Waals surface area contributed by atoms with Gasteiger partial charge in [-0.3, -0.25) is 4.68 Å². The summed E-state index contributed by atoms with van der Waals surface area (Å²) in [7, 11) is 0. The van der Waals surface area contributed by atoms with Crippen molar-refractivity contribution >= 4 is 33.9 Å². The lowest BCUT2D eigenvalue weighted by Crippen LogP contribution is -2.18. The van der Waals surface area contributed by atoms with E-state index in [0.29, 0.717) is 6.54 Å². The molecule has 2 aromatic rings.